The largest absolute Gasteiger partial charge is 0.329 e. The zero-order valence-electron chi connectivity index (χ0n) is 10.5. The highest BCUT2D eigenvalue weighted by Gasteiger charge is 2.38. The van der Waals surface area contributed by atoms with Gasteiger partial charge in [0, 0.05) is 12.0 Å². The lowest BCUT2D eigenvalue weighted by atomic mass is 9.75. The van der Waals surface area contributed by atoms with Crippen LogP contribution in [0.3, 0.4) is 0 Å². The van der Waals surface area contributed by atoms with Gasteiger partial charge < -0.3 is 5.73 Å². The average molecular weight is 251 g/mol. The molecular formula is C14H21NOS. The highest BCUT2D eigenvalue weighted by molar-refractivity contribution is 7.12. The number of nitrogens with two attached hydrogens (primary N) is 1. The smallest absolute Gasteiger partial charge is 0.180 e. The van der Waals surface area contributed by atoms with Gasteiger partial charge in [0.2, 0.25) is 0 Å². The van der Waals surface area contributed by atoms with Gasteiger partial charge in [0.1, 0.15) is 0 Å². The van der Waals surface area contributed by atoms with Crippen molar-refractivity contribution >= 4 is 17.1 Å². The van der Waals surface area contributed by atoms with E-state index in [-0.39, 0.29) is 5.41 Å². The van der Waals surface area contributed by atoms with E-state index in [1.54, 1.807) is 11.3 Å². The number of rotatable bonds is 3. The van der Waals surface area contributed by atoms with Crippen LogP contribution in [0.1, 0.15) is 53.8 Å². The Morgan fingerprint density at radius 3 is 2.47 bits per heavy atom. The van der Waals surface area contributed by atoms with Crippen LogP contribution < -0.4 is 5.73 Å². The molecule has 0 bridgehead atoms. The maximum atomic E-state index is 12.7. The normalized spacial score (nSPS) is 19.9. The number of ketones is 1. The van der Waals surface area contributed by atoms with E-state index >= 15 is 0 Å². The lowest BCUT2D eigenvalue weighted by molar-refractivity contribution is 0.0778. The summed E-state index contributed by atoms with van der Waals surface area (Å²) in [4.78, 5) is 13.6. The van der Waals surface area contributed by atoms with Crippen molar-refractivity contribution in [3.63, 3.8) is 0 Å². The van der Waals surface area contributed by atoms with Crippen molar-refractivity contribution in [1.29, 1.82) is 0 Å². The van der Waals surface area contributed by atoms with Crippen molar-refractivity contribution in [3.05, 3.63) is 21.9 Å². The van der Waals surface area contributed by atoms with Gasteiger partial charge >= 0.3 is 0 Å². The van der Waals surface area contributed by atoms with Crippen molar-refractivity contribution in [2.24, 2.45) is 11.1 Å². The summed E-state index contributed by atoms with van der Waals surface area (Å²) in [6, 6.07) is 2.03. The Balaban J connectivity index is 2.28. The fourth-order valence-corrected chi connectivity index (χ4v) is 3.76. The van der Waals surface area contributed by atoms with E-state index in [1.165, 1.54) is 12.8 Å². The molecule has 0 aromatic carbocycles. The highest BCUT2D eigenvalue weighted by Crippen LogP contribution is 2.38. The van der Waals surface area contributed by atoms with Crippen LogP contribution in [0.4, 0.5) is 0 Å². The van der Waals surface area contributed by atoms with E-state index in [9.17, 15) is 4.79 Å². The fraction of sp³-hybridized carbons (Fsp3) is 0.643. The van der Waals surface area contributed by atoms with Gasteiger partial charge in [-0.15, -0.1) is 11.3 Å². The molecule has 2 N–H and O–H groups in total. The Morgan fingerprint density at radius 1 is 1.35 bits per heavy atom. The molecule has 2 rings (SSSR count). The summed E-state index contributed by atoms with van der Waals surface area (Å²) in [6.07, 6.45) is 6.73. The maximum Gasteiger partial charge on any atom is 0.180 e. The molecule has 0 radical (unpaired) electrons. The van der Waals surface area contributed by atoms with Crippen molar-refractivity contribution in [1.82, 2.24) is 0 Å². The number of thiophene rings is 1. The SMILES string of the molecule is Cc1ccsc1C(=O)C1(CN)CCCCCC1. The van der Waals surface area contributed by atoms with Crippen LogP contribution in [-0.4, -0.2) is 12.3 Å². The Bertz CT molecular complexity index is 389. The molecule has 94 valence electrons. The number of aryl methyl sites for hydroxylation is 1. The van der Waals surface area contributed by atoms with Crippen molar-refractivity contribution < 1.29 is 4.79 Å². The van der Waals surface area contributed by atoms with Gasteiger partial charge in [-0.05, 0) is 36.8 Å². The molecule has 0 spiro atoms. The van der Waals surface area contributed by atoms with Crippen molar-refractivity contribution in [2.75, 3.05) is 6.54 Å². The molecule has 1 fully saturated rings. The fourth-order valence-electron chi connectivity index (χ4n) is 2.78. The van der Waals surface area contributed by atoms with Gasteiger partial charge in [0.15, 0.2) is 5.78 Å². The minimum absolute atomic E-state index is 0.272. The van der Waals surface area contributed by atoms with Gasteiger partial charge in [0.25, 0.3) is 0 Å². The summed E-state index contributed by atoms with van der Waals surface area (Å²) in [6.45, 7) is 2.52. The first-order chi connectivity index (χ1) is 8.19. The monoisotopic (exact) mass is 251 g/mol. The first-order valence-corrected chi connectivity index (χ1v) is 7.36. The Labute approximate surface area is 107 Å². The zero-order chi connectivity index (χ0) is 12.3. The number of carbonyl (C=O) groups excluding carboxylic acids is 1. The molecule has 17 heavy (non-hydrogen) atoms. The molecule has 0 aliphatic heterocycles. The van der Waals surface area contributed by atoms with Crippen LogP contribution in [0, 0.1) is 12.3 Å². The predicted molar refractivity (Wildman–Crippen MR) is 72.6 cm³/mol. The number of hydrogen-bond donors (Lipinski definition) is 1. The minimum Gasteiger partial charge on any atom is -0.329 e. The van der Waals surface area contributed by atoms with E-state index in [1.807, 2.05) is 18.4 Å². The minimum atomic E-state index is -0.272. The molecule has 1 aliphatic carbocycles. The Hall–Kier alpha value is -0.670. The number of hydrogen-bond acceptors (Lipinski definition) is 3. The zero-order valence-corrected chi connectivity index (χ0v) is 11.3. The van der Waals surface area contributed by atoms with Gasteiger partial charge in [-0.25, -0.2) is 0 Å². The van der Waals surface area contributed by atoms with Crippen LogP contribution >= 0.6 is 11.3 Å². The molecule has 1 aromatic heterocycles. The summed E-state index contributed by atoms with van der Waals surface area (Å²) >= 11 is 1.57. The lowest BCUT2D eigenvalue weighted by Gasteiger charge is -2.29. The van der Waals surface area contributed by atoms with Crippen LogP contribution in [0.15, 0.2) is 11.4 Å². The summed E-state index contributed by atoms with van der Waals surface area (Å²) in [7, 11) is 0. The first kappa shape index (κ1) is 12.8. The van der Waals surface area contributed by atoms with E-state index in [0.29, 0.717) is 12.3 Å². The average Bonchev–Trinajstić information content (AvgIpc) is 2.64. The van der Waals surface area contributed by atoms with Crippen LogP contribution in [-0.2, 0) is 0 Å². The molecule has 1 aromatic rings. The second-order valence-corrected chi connectivity index (χ2v) is 6.08. The quantitative estimate of drug-likeness (QED) is 0.659. The molecule has 0 saturated heterocycles. The van der Waals surface area contributed by atoms with E-state index < -0.39 is 0 Å². The number of Topliss-reactive ketones (excluding diaryl/α,β-unsaturated/α-hetero) is 1. The van der Waals surface area contributed by atoms with Crippen molar-refractivity contribution in [3.8, 4) is 0 Å². The molecule has 1 aliphatic rings. The van der Waals surface area contributed by atoms with E-state index in [2.05, 4.69) is 0 Å². The van der Waals surface area contributed by atoms with Gasteiger partial charge in [0.05, 0.1) is 4.88 Å². The Morgan fingerprint density at radius 2 is 2.00 bits per heavy atom. The van der Waals surface area contributed by atoms with Crippen LogP contribution in [0.25, 0.3) is 0 Å². The molecule has 0 amide bonds. The third kappa shape index (κ3) is 2.45. The summed E-state index contributed by atoms with van der Waals surface area (Å²) in [5, 5.41) is 2.00. The summed E-state index contributed by atoms with van der Waals surface area (Å²) in [5.41, 5.74) is 6.79. The van der Waals surface area contributed by atoms with Gasteiger partial charge in [-0.3, -0.25) is 4.79 Å². The third-order valence-corrected chi connectivity index (χ3v) is 5.02. The molecule has 1 heterocycles. The number of carbonyl (C=O) groups is 1. The predicted octanol–water partition coefficient (Wildman–Crippen LogP) is 3.54. The van der Waals surface area contributed by atoms with E-state index in [0.717, 1.165) is 36.1 Å². The molecule has 2 nitrogen and oxygen atoms in total. The Kier molecular flexibility index (Phi) is 4.00. The third-order valence-electron chi connectivity index (χ3n) is 4.00. The van der Waals surface area contributed by atoms with Gasteiger partial charge in [-0.1, -0.05) is 25.7 Å². The standard InChI is InChI=1S/C14H21NOS/c1-11-6-9-17-12(11)13(16)14(10-15)7-4-2-3-5-8-14/h6,9H,2-5,7-8,10,15H2,1H3. The second kappa shape index (κ2) is 5.32. The van der Waals surface area contributed by atoms with Gasteiger partial charge in [-0.2, -0.15) is 0 Å². The maximum absolute atomic E-state index is 12.7. The molecule has 3 heteroatoms. The van der Waals surface area contributed by atoms with Crippen molar-refractivity contribution in [2.45, 2.75) is 45.4 Å². The molecule has 0 unspecified atom stereocenters. The highest BCUT2D eigenvalue weighted by atomic mass is 32.1. The molecule has 0 atom stereocenters. The topological polar surface area (TPSA) is 43.1 Å². The van der Waals surface area contributed by atoms with E-state index in [4.69, 9.17) is 5.73 Å². The first-order valence-electron chi connectivity index (χ1n) is 6.48. The molecule has 1 saturated carbocycles. The molecular weight excluding hydrogens is 230 g/mol. The van der Waals surface area contributed by atoms with Crippen LogP contribution in [0.2, 0.25) is 0 Å². The van der Waals surface area contributed by atoms with Crippen LogP contribution in [0.5, 0.6) is 0 Å². The lowest BCUT2D eigenvalue weighted by Crippen LogP contribution is -2.38. The summed E-state index contributed by atoms with van der Waals surface area (Å²) < 4.78 is 0. The summed E-state index contributed by atoms with van der Waals surface area (Å²) in [5.74, 6) is 0.300. The second-order valence-electron chi connectivity index (χ2n) is 5.16.